The van der Waals surface area contributed by atoms with E-state index in [0.29, 0.717) is 31.4 Å². The number of anilines is 1. The lowest BCUT2D eigenvalue weighted by Crippen LogP contribution is -2.23. The molecule has 1 unspecified atom stereocenters. The van der Waals surface area contributed by atoms with E-state index >= 15 is 0 Å². The van der Waals surface area contributed by atoms with Crippen LogP contribution < -0.4 is 9.64 Å². The van der Waals surface area contributed by atoms with Gasteiger partial charge in [0.2, 0.25) is 5.88 Å². The second-order valence-corrected chi connectivity index (χ2v) is 5.36. The van der Waals surface area contributed by atoms with Crippen LogP contribution >= 0.6 is 0 Å². The molecule has 0 saturated carbocycles. The molecule has 1 fully saturated rings. The summed E-state index contributed by atoms with van der Waals surface area (Å²) in [6.45, 7) is 1.71. The van der Waals surface area contributed by atoms with Crippen LogP contribution in [0.15, 0.2) is 36.9 Å². The lowest BCUT2D eigenvalue weighted by Gasteiger charge is -2.18. The highest BCUT2D eigenvalue weighted by Crippen LogP contribution is 2.32. The number of hydrogen-bond acceptors (Lipinski definition) is 5. The van der Waals surface area contributed by atoms with E-state index in [1.54, 1.807) is 12.4 Å². The number of nitrogens with zero attached hydrogens (tertiary/aromatic N) is 4. The van der Waals surface area contributed by atoms with Crippen molar-refractivity contribution in [3.63, 3.8) is 0 Å². The van der Waals surface area contributed by atoms with Crippen molar-refractivity contribution in [2.45, 2.75) is 12.6 Å². The highest BCUT2D eigenvalue weighted by molar-refractivity contribution is 5.42. The van der Waals surface area contributed by atoms with E-state index in [-0.39, 0.29) is 5.92 Å². The van der Waals surface area contributed by atoms with Gasteiger partial charge in [0.15, 0.2) is 0 Å². The Balaban J connectivity index is 1.59. The van der Waals surface area contributed by atoms with Crippen LogP contribution in [-0.2, 0) is 6.18 Å². The first-order chi connectivity index (χ1) is 11.0. The summed E-state index contributed by atoms with van der Waals surface area (Å²) < 4.78 is 43.8. The second-order valence-electron chi connectivity index (χ2n) is 5.36. The van der Waals surface area contributed by atoms with Crippen LogP contribution in [0.2, 0.25) is 0 Å². The van der Waals surface area contributed by atoms with Crippen molar-refractivity contribution in [1.82, 2.24) is 15.0 Å². The van der Waals surface area contributed by atoms with E-state index in [0.717, 1.165) is 18.6 Å². The highest BCUT2D eigenvalue weighted by Gasteiger charge is 2.32. The minimum atomic E-state index is -4.36. The van der Waals surface area contributed by atoms with E-state index in [2.05, 4.69) is 15.0 Å². The smallest absolute Gasteiger partial charge is 0.416 e. The van der Waals surface area contributed by atoms with Gasteiger partial charge >= 0.3 is 6.18 Å². The van der Waals surface area contributed by atoms with Gasteiger partial charge in [-0.2, -0.15) is 13.2 Å². The van der Waals surface area contributed by atoms with Gasteiger partial charge in [0.25, 0.3) is 0 Å². The molecule has 0 aromatic carbocycles. The van der Waals surface area contributed by atoms with E-state index in [1.165, 1.54) is 12.4 Å². The fourth-order valence-corrected chi connectivity index (χ4v) is 2.51. The third-order valence-electron chi connectivity index (χ3n) is 3.69. The summed E-state index contributed by atoms with van der Waals surface area (Å²) in [6.07, 6.45) is 2.30. The largest absolute Gasteiger partial charge is 0.476 e. The SMILES string of the molecule is FC(F)(F)c1ccnc(N2CCC(COc3cnccn3)C2)c1. The van der Waals surface area contributed by atoms with Gasteiger partial charge < -0.3 is 9.64 Å². The summed E-state index contributed by atoms with van der Waals surface area (Å²) in [6, 6.07) is 2.07. The van der Waals surface area contributed by atoms with Crippen LogP contribution in [0.3, 0.4) is 0 Å². The normalized spacial score (nSPS) is 18.2. The van der Waals surface area contributed by atoms with E-state index in [1.807, 2.05) is 4.90 Å². The Morgan fingerprint density at radius 1 is 1.22 bits per heavy atom. The summed E-state index contributed by atoms with van der Waals surface area (Å²) in [5.74, 6) is 1.01. The Morgan fingerprint density at radius 2 is 2.09 bits per heavy atom. The summed E-state index contributed by atoms with van der Waals surface area (Å²) in [5, 5.41) is 0. The van der Waals surface area contributed by atoms with Gasteiger partial charge in [-0.15, -0.1) is 0 Å². The maximum Gasteiger partial charge on any atom is 0.416 e. The van der Waals surface area contributed by atoms with Crippen LogP contribution in [0.5, 0.6) is 5.88 Å². The van der Waals surface area contributed by atoms with Crippen molar-refractivity contribution in [3.8, 4) is 5.88 Å². The van der Waals surface area contributed by atoms with Crippen LogP contribution in [0.25, 0.3) is 0 Å². The average molecular weight is 324 g/mol. The quantitative estimate of drug-likeness (QED) is 0.865. The molecular weight excluding hydrogens is 309 g/mol. The number of alkyl halides is 3. The first-order valence-corrected chi connectivity index (χ1v) is 7.19. The first kappa shape index (κ1) is 15.5. The Labute approximate surface area is 131 Å². The Bertz CT molecular complexity index is 651. The van der Waals surface area contributed by atoms with E-state index in [4.69, 9.17) is 4.74 Å². The maximum atomic E-state index is 12.8. The number of aromatic nitrogens is 3. The lowest BCUT2D eigenvalue weighted by atomic mass is 10.1. The molecule has 1 aliphatic rings. The minimum absolute atomic E-state index is 0.216. The Hall–Kier alpha value is -2.38. The molecule has 0 aliphatic carbocycles. The zero-order valence-electron chi connectivity index (χ0n) is 12.2. The molecule has 0 N–H and O–H groups in total. The van der Waals surface area contributed by atoms with Gasteiger partial charge in [-0.25, -0.2) is 9.97 Å². The molecule has 5 nitrogen and oxygen atoms in total. The van der Waals surface area contributed by atoms with Crippen molar-refractivity contribution in [3.05, 3.63) is 42.5 Å². The van der Waals surface area contributed by atoms with Crippen molar-refractivity contribution < 1.29 is 17.9 Å². The molecule has 0 bridgehead atoms. The molecular formula is C15H15F3N4O. The number of rotatable bonds is 4. The molecule has 2 aromatic rings. The van der Waals surface area contributed by atoms with Crippen molar-refractivity contribution >= 4 is 5.82 Å². The zero-order chi connectivity index (χ0) is 16.3. The molecule has 23 heavy (non-hydrogen) atoms. The molecule has 0 radical (unpaired) electrons. The number of halogens is 3. The lowest BCUT2D eigenvalue weighted by molar-refractivity contribution is -0.137. The molecule has 1 aliphatic heterocycles. The molecule has 3 rings (SSSR count). The summed E-state index contributed by atoms with van der Waals surface area (Å²) >= 11 is 0. The molecule has 2 aromatic heterocycles. The van der Waals surface area contributed by atoms with Gasteiger partial charge in [-0.3, -0.25) is 4.98 Å². The van der Waals surface area contributed by atoms with Gasteiger partial charge in [0.05, 0.1) is 18.4 Å². The van der Waals surface area contributed by atoms with Crippen LogP contribution in [0.1, 0.15) is 12.0 Å². The minimum Gasteiger partial charge on any atom is -0.476 e. The number of ether oxygens (including phenoxy) is 1. The molecule has 1 saturated heterocycles. The van der Waals surface area contributed by atoms with Crippen LogP contribution in [0, 0.1) is 5.92 Å². The molecule has 0 amide bonds. The molecule has 0 spiro atoms. The summed E-state index contributed by atoms with van der Waals surface area (Å²) in [7, 11) is 0. The third-order valence-corrected chi connectivity index (χ3v) is 3.69. The average Bonchev–Trinajstić information content (AvgIpc) is 3.02. The number of pyridine rings is 1. The van der Waals surface area contributed by atoms with Gasteiger partial charge in [0.1, 0.15) is 5.82 Å². The van der Waals surface area contributed by atoms with E-state index < -0.39 is 11.7 Å². The molecule has 8 heteroatoms. The maximum absolute atomic E-state index is 12.8. The predicted octanol–water partition coefficient (Wildman–Crippen LogP) is 2.80. The number of hydrogen-bond donors (Lipinski definition) is 0. The first-order valence-electron chi connectivity index (χ1n) is 7.19. The third kappa shape index (κ3) is 3.88. The summed E-state index contributed by atoms with van der Waals surface area (Å²) in [4.78, 5) is 13.8. The molecule has 1 atom stereocenters. The molecule has 3 heterocycles. The topological polar surface area (TPSA) is 51.1 Å². The highest BCUT2D eigenvalue weighted by atomic mass is 19.4. The van der Waals surface area contributed by atoms with E-state index in [9.17, 15) is 13.2 Å². The Kier molecular flexibility index (Phi) is 4.31. The zero-order valence-corrected chi connectivity index (χ0v) is 12.2. The molecule has 122 valence electrons. The van der Waals surface area contributed by atoms with Gasteiger partial charge in [-0.05, 0) is 18.6 Å². The van der Waals surface area contributed by atoms with Gasteiger partial charge in [0, 0.05) is 37.6 Å². The second kappa shape index (κ2) is 6.39. The Morgan fingerprint density at radius 3 is 2.83 bits per heavy atom. The predicted molar refractivity (Wildman–Crippen MR) is 77.1 cm³/mol. The van der Waals surface area contributed by atoms with Gasteiger partial charge in [-0.1, -0.05) is 0 Å². The standard InChI is InChI=1S/C15H15F3N4O/c16-15(17,18)12-1-3-20-13(7-12)22-6-2-11(9-22)10-23-14-8-19-4-5-21-14/h1,3-5,7-8,11H,2,6,9-10H2. The fraction of sp³-hybridized carbons (Fsp3) is 0.400. The fourth-order valence-electron chi connectivity index (χ4n) is 2.51. The van der Waals surface area contributed by atoms with Crippen molar-refractivity contribution in [2.24, 2.45) is 5.92 Å². The van der Waals surface area contributed by atoms with Crippen molar-refractivity contribution in [2.75, 3.05) is 24.6 Å². The van der Waals surface area contributed by atoms with Crippen LogP contribution in [0.4, 0.5) is 19.0 Å². The van der Waals surface area contributed by atoms with Crippen molar-refractivity contribution in [1.29, 1.82) is 0 Å². The van der Waals surface area contributed by atoms with Crippen LogP contribution in [-0.4, -0.2) is 34.6 Å². The monoisotopic (exact) mass is 324 g/mol. The summed E-state index contributed by atoms with van der Waals surface area (Å²) in [5.41, 5.74) is -0.679.